The smallest absolute Gasteiger partial charge is 0.259 e. The Morgan fingerprint density at radius 3 is 2.68 bits per heavy atom. The van der Waals surface area contributed by atoms with Crippen molar-refractivity contribution < 1.29 is 4.79 Å². The van der Waals surface area contributed by atoms with E-state index >= 15 is 0 Å². The van der Waals surface area contributed by atoms with Crippen molar-refractivity contribution in [2.75, 3.05) is 11.9 Å². The number of nitrogens with zero attached hydrogens (tertiary/aromatic N) is 2. The number of aryl methyl sites for hydroxylation is 1. The van der Waals surface area contributed by atoms with Gasteiger partial charge in [0.05, 0.1) is 5.02 Å². The molecule has 0 atom stereocenters. The first-order valence-corrected chi connectivity index (χ1v) is 6.82. The molecule has 2 aromatic rings. The Bertz CT molecular complexity index is 593. The van der Waals surface area contributed by atoms with Crippen molar-refractivity contribution in [2.45, 2.75) is 6.92 Å². The Kier molecular flexibility index (Phi) is 4.22. The molecule has 5 heteroatoms. The molecule has 0 unspecified atom stereocenters. The highest BCUT2D eigenvalue weighted by Crippen LogP contribution is 2.28. The molecule has 0 aliphatic rings. The van der Waals surface area contributed by atoms with Gasteiger partial charge in [-0.05, 0) is 52.7 Å². The first-order chi connectivity index (χ1) is 9.00. The topological polar surface area (TPSA) is 33.2 Å². The van der Waals surface area contributed by atoms with Crippen LogP contribution in [0.25, 0.3) is 0 Å². The zero-order valence-corrected chi connectivity index (χ0v) is 12.9. The fourth-order valence-corrected chi connectivity index (χ4v) is 2.20. The molecular formula is C14H12BrClN2O. The number of hydrogen-bond acceptors (Lipinski definition) is 2. The van der Waals surface area contributed by atoms with Crippen LogP contribution in [0.4, 0.5) is 5.82 Å². The fraction of sp³-hybridized carbons (Fsp3) is 0.143. The number of carbonyl (C=O) groups is 1. The predicted molar refractivity (Wildman–Crippen MR) is 80.9 cm³/mol. The maximum absolute atomic E-state index is 12.4. The Morgan fingerprint density at radius 2 is 2.11 bits per heavy atom. The molecule has 0 N–H and O–H groups in total. The van der Waals surface area contributed by atoms with Crippen LogP contribution in [0.1, 0.15) is 15.9 Å². The Morgan fingerprint density at radius 1 is 1.37 bits per heavy atom. The second kappa shape index (κ2) is 5.72. The average Bonchev–Trinajstić information content (AvgIpc) is 2.43. The summed E-state index contributed by atoms with van der Waals surface area (Å²) in [5, 5.41) is 0.526. The number of anilines is 1. The van der Waals surface area contributed by atoms with Crippen molar-refractivity contribution >= 4 is 39.3 Å². The SMILES string of the molecule is Cc1cc(C(=O)N(C)c2ccccn2)cc(Cl)c1Br. The van der Waals surface area contributed by atoms with E-state index in [0.29, 0.717) is 16.4 Å². The number of pyridine rings is 1. The zero-order valence-electron chi connectivity index (χ0n) is 10.5. The molecule has 0 saturated carbocycles. The zero-order chi connectivity index (χ0) is 14.0. The van der Waals surface area contributed by atoms with Crippen LogP contribution in [0.15, 0.2) is 41.0 Å². The van der Waals surface area contributed by atoms with E-state index < -0.39 is 0 Å². The molecule has 19 heavy (non-hydrogen) atoms. The van der Waals surface area contributed by atoms with Crippen LogP contribution in [0.5, 0.6) is 0 Å². The van der Waals surface area contributed by atoms with Crippen LogP contribution in [-0.4, -0.2) is 17.9 Å². The quantitative estimate of drug-likeness (QED) is 0.826. The largest absolute Gasteiger partial charge is 0.296 e. The number of amides is 1. The number of hydrogen-bond donors (Lipinski definition) is 0. The van der Waals surface area contributed by atoms with Gasteiger partial charge < -0.3 is 0 Å². The van der Waals surface area contributed by atoms with Crippen LogP contribution in [0.3, 0.4) is 0 Å². The van der Waals surface area contributed by atoms with E-state index in [2.05, 4.69) is 20.9 Å². The molecular weight excluding hydrogens is 328 g/mol. The number of carbonyl (C=O) groups excluding carboxylic acids is 1. The molecule has 0 radical (unpaired) electrons. The second-order valence-electron chi connectivity index (χ2n) is 4.14. The highest BCUT2D eigenvalue weighted by Gasteiger charge is 2.16. The van der Waals surface area contributed by atoms with Gasteiger partial charge in [0.1, 0.15) is 5.82 Å². The van der Waals surface area contributed by atoms with Gasteiger partial charge in [0, 0.05) is 23.3 Å². The highest BCUT2D eigenvalue weighted by atomic mass is 79.9. The summed E-state index contributed by atoms with van der Waals surface area (Å²) in [5.41, 5.74) is 1.46. The van der Waals surface area contributed by atoms with Crippen LogP contribution < -0.4 is 4.90 Å². The lowest BCUT2D eigenvalue weighted by molar-refractivity contribution is 0.0992. The van der Waals surface area contributed by atoms with E-state index in [1.165, 1.54) is 4.90 Å². The third-order valence-electron chi connectivity index (χ3n) is 2.75. The average molecular weight is 340 g/mol. The second-order valence-corrected chi connectivity index (χ2v) is 5.34. The van der Waals surface area contributed by atoms with Crippen molar-refractivity contribution in [3.8, 4) is 0 Å². The van der Waals surface area contributed by atoms with Gasteiger partial charge in [-0.15, -0.1) is 0 Å². The van der Waals surface area contributed by atoms with Gasteiger partial charge >= 0.3 is 0 Å². The molecule has 0 aliphatic heterocycles. The van der Waals surface area contributed by atoms with E-state index in [4.69, 9.17) is 11.6 Å². The van der Waals surface area contributed by atoms with Gasteiger partial charge in [-0.1, -0.05) is 17.7 Å². The van der Waals surface area contributed by atoms with E-state index in [-0.39, 0.29) is 5.91 Å². The normalized spacial score (nSPS) is 10.3. The van der Waals surface area contributed by atoms with E-state index in [1.54, 1.807) is 31.4 Å². The van der Waals surface area contributed by atoms with Gasteiger partial charge in [-0.3, -0.25) is 9.69 Å². The monoisotopic (exact) mass is 338 g/mol. The fourth-order valence-electron chi connectivity index (χ4n) is 1.70. The summed E-state index contributed by atoms with van der Waals surface area (Å²) in [7, 11) is 1.69. The third kappa shape index (κ3) is 2.96. The van der Waals surface area contributed by atoms with Gasteiger partial charge in [0.2, 0.25) is 0 Å². The maximum Gasteiger partial charge on any atom is 0.259 e. The number of halogens is 2. The molecule has 0 aliphatic carbocycles. The summed E-state index contributed by atoms with van der Waals surface area (Å²) in [5.74, 6) is 0.459. The maximum atomic E-state index is 12.4. The van der Waals surface area contributed by atoms with Crippen molar-refractivity contribution in [3.05, 3.63) is 57.2 Å². The summed E-state index contributed by atoms with van der Waals surface area (Å²) in [6, 6.07) is 8.89. The van der Waals surface area contributed by atoms with Crippen LogP contribution >= 0.6 is 27.5 Å². The standard InChI is InChI=1S/C14H12BrClN2O/c1-9-7-10(8-11(16)13(9)15)14(19)18(2)12-5-3-4-6-17-12/h3-8H,1-2H3. The van der Waals surface area contributed by atoms with Crippen molar-refractivity contribution in [2.24, 2.45) is 0 Å². The van der Waals surface area contributed by atoms with Crippen molar-refractivity contribution in [3.63, 3.8) is 0 Å². The summed E-state index contributed by atoms with van der Waals surface area (Å²) in [6.45, 7) is 1.90. The number of benzene rings is 1. The van der Waals surface area contributed by atoms with Gasteiger partial charge in [0.15, 0.2) is 0 Å². The highest BCUT2D eigenvalue weighted by molar-refractivity contribution is 9.10. The minimum Gasteiger partial charge on any atom is -0.296 e. The number of rotatable bonds is 2. The molecule has 98 valence electrons. The summed E-state index contributed by atoms with van der Waals surface area (Å²) in [6.07, 6.45) is 1.65. The first kappa shape index (κ1) is 14.0. The molecule has 3 nitrogen and oxygen atoms in total. The Hall–Kier alpha value is -1.39. The lowest BCUT2D eigenvalue weighted by Crippen LogP contribution is -2.27. The Balaban J connectivity index is 2.35. The molecule has 0 saturated heterocycles. The minimum absolute atomic E-state index is 0.142. The molecule has 2 rings (SSSR count). The van der Waals surface area contributed by atoms with Crippen molar-refractivity contribution in [1.29, 1.82) is 0 Å². The summed E-state index contributed by atoms with van der Waals surface area (Å²) < 4.78 is 0.811. The molecule has 1 heterocycles. The molecule has 1 aromatic carbocycles. The summed E-state index contributed by atoms with van der Waals surface area (Å²) >= 11 is 9.46. The number of aromatic nitrogens is 1. The van der Waals surface area contributed by atoms with Crippen LogP contribution in [0, 0.1) is 6.92 Å². The molecule has 0 fully saturated rings. The predicted octanol–water partition coefficient (Wildman–Crippen LogP) is 4.08. The van der Waals surface area contributed by atoms with Gasteiger partial charge in [-0.25, -0.2) is 4.98 Å². The van der Waals surface area contributed by atoms with Crippen LogP contribution in [-0.2, 0) is 0 Å². The molecule has 0 spiro atoms. The van der Waals surface area contributed by atoms with E-state index in [0.717, 1.165) is 10.0 Å². The third-order valence-corrected chi connectivity index (χ3v) is 4.33. The van der Waals surface area contributed by atoms with Crippen molar-refractivity contribution in [1.82, 2.24) is 4.98 Å². The first-order valence-electron chi connectivity index (χ1n) is 5.65. The van der Waals surface area contributed by atoms with Crippen LogP contribution in [0.2, 0.25) is 5.02 Å². The lowest BCUT2D eigenvalue weighted by atomic mass is 10.1. The lowest BCUT2D eigenvalue weighted by Gasteiger charge is -2.17. The van der Waals surface area contributed by atoms with E-state index in [9.17, 15) is 4.79 Å². The van der Waals surface area contributed by atoms with Gasteiger partial charge in [-0.2, -0.15) is 0 Å². The van der Waals surface area contributed by atoms with Gasteiger partial charge in [0.25, 0.3) is 5.91 Å². The Labute approximate surface area is 125 Å². The minimum atomic E-state index is -0.142. The molecule has 1 aromatic heterocycles. The molecule has 1 amide bonds. The summed E-state index contributed by atoms with van der Waals surface area (Å²) in [4.78, 5) is 18.0. The molecule has 0 bridgehead atoms. The van der Waals surface area contributed by atoms with E-state index in [1.807, 2.05) is 19.1 Å².